The van der Waals surface area contributed by atoms with Gasteiger partial charge in [0.25, 0.3) is 5.91 Å². The molecule has 0 saturated heterocycles. The Morgan fingerprint density at radius 3 is 2.31 bits per heavy atom. The fourth-order valence-corrected chi connectivity index (χ4v) is 4.52. The third-order valence-electron chi connectivity index (χ3n) is 4.96. The summed E-state index contributed by atoms with van der Waals surface area (Å²) in [6, 6.07) is 16.9. The highest BCUT2D eigenvalue weighted by Crippen LogP contribution is 2.40. The van der Waals surface area contributed by atoms with E-state index < -0.39 is 5.97 Å². The van der Waals surface area contributed by atoms with Gasteiger partial charge >= 0.3 is 5.97 Å². The Balaban J connectivity index is 1.67. The predicted molar refractivity (Wildman–Crippen MR) is 124 cm³/mol. The van der Waals surface area contributed by atoms with Crippen molar-refractivity contribution in [3.8, 4) is 16.8 Å². The number of benzene rings is 2. The Labute approximate surface area is 189 Å². The zero-order chi connectivity index (χ0) is 22.7. The first-order valence-electron chi connectivity index (χ1n) is 10.1. The first kappa shape index (κ1) is 21.5. The summed E-state index contributed by atoms with van der Waals surface area (Å²) in [5.41, 5.74) is 2.99. The normalized spacial score (nSPS) is 10.7. The van der Waals surface area contributed by atoms with Gasteiger partial charge < -0.3 is 14.6 Å². The van der Waals surface area contributed by atoms with Crippen LogP contribution in [0.2, 0.25) is 0 Å². The lowest BCUT2D eigenvalue weighted by molar-refractivity contribution is 0.0529. The lowest BCUT2D eigenvalue weighted by Crippen LogP contribution is -2.15. The molecule has 0 fully saturated rings. The third kappa shape index (κ3) is 4.33. The summed E-state index contributed by atoms with van der Waals surface area (Å²) in [4.78, 5) is 26.5. The number of rotatable bonds is 6. The van der Waals surface area contributed by atoms with Crippen molar-refractivity contribution in [1.82, 2.24) is 4.57 Å². The van der Waals surface area contributed by atoms with Crippen LogP contribution in [0.5, 0.6) is 0 Å². The number of aryl methyl sites for hydroxylation is 1. The molecule has 0 aliphatic rings. The van der Waals surface area contributed by atoms with Gasteiger partial charge in [0.1, 0.15) is 16.4 Å². The van der Waals surface area contributed by atoms with E-state index in [1.54, 1.807) is 31.2 Å². The summed E-state index contributed by atoms with van der Waals surface area (Å²) in [6.07, 6.45) is 3.85. The van der Waals surface area contributed by atoms with Crippen LogP contribution in [0, 0.1) is 12.7 Å². The molecule has 5 nitrogen and oxygen atoms in total. The molecule has 0 spiro atoms. The third-order valence-corrected chi connectivity index (χ3v) is 5.98. The summed E-state index contributed by atoms with van der Waals surface area (Å²) >= 11 is 1.29. The second-order valence-corrected chi connectivity index (χ2v) is 8.28. The molecule has 0 saturated carbocycles. The number of esters is 1. The average molecular weight is 449 g/mol. The zero-order valence-electron chi connectivity index (χ0n) is 17.6. The van der Waals surface area contributed by atoms with Crippen molar-refractivity contribution in [2.45, 2.75) is 13.8 Å². The van der Waals surface area contributed by atoms with Gasteiger partial charge in [-0.1, -0.05) is 12.1 Å². The van der Waals surface area contributed by atoms with Crippen molar-refractivity contribution < 1.29 is 18.7 Å². The Hall–Kier alpha value is -3.71. The summed E-state index contributed by atoms with van der Waals surface area (Å²) in [5.74, 6) is -1.23. The van der Waals surface area contributed by atoms with E-state index in [9.17, 15) is 14.0 Å². The molecule has 0 aliphatic heterocycles. The van der Waals surface area contributed by atoms with E-state index in [0.29, 0.717) is 21.7 Å². The van der Waals surface area contributed by atoms with Crippen molar-refractivity contribution >= 4 is 28.2 Å². The first-order chi connectivity index (χ1) is 15.5. The minimum atomic E-state index is -0.533. The number of nitrogens with zero attached hydrogens (tertiary/aromatic N) is 1. The molecule has 0 unspecified atom stereocenters. The van der Waals surface area contributed by atoms with Crippen LogP contribution in [-0.4, -0.2) is 23.1 Å². The molecule has 0 atom stereocenters. The number of anilines is 1. The fraction of sp³-hybridized carbons (Fsp3) is 0.120. The molecule has 0 bridgehead atoms. The molecule has 1 amide bonds. The maximum atomic E-state index is 13.4. The number of hydrogen-bond acceptors (Lipinski definition) is 4. The zero-order valence-corrected chi connectivity index (χ0v) is 18.4. The van der Waals surface area contributed by atoms with Crippen LogP contribution in [0.4, 0.5) is 9.39 Å². The van der Waals surface area contributed by atoms with Crippen molar-refractivity contribution in [1.29, 1.82) is 0 Å². The quantitative estimate of drug-likeness (QED) is 0.364. The van der Waals surface area contributed by atoms with E-state index in [-0.39, 0.29) is 23.9 Å². The average Bonchev–Trinajstić information content (AvgIpc) is 3.43. The van der Waals surface area contributed by atoms with Gasteiger partial charge in [-0.2, -0.15) is 0 Å². The maximum Gasteiger partial charge on any atom is 0.341 e. The molecular weight excluding hydrogens is 427 g/mol. The van der Waals surface area contributed by atoms with Crippen LogP contribution in [0.15, 0.2) is 73.1 Å². The fourth-order valence-electron chi connectivity index (χ4n) is 3.46. The van der Waals surface area contributed by atoms with Crippen molar-refractivity contribution in [2.24, 2.45) is 0 Å². The van der Waals surface area contributed by atoms with Gasteiger partial charge in [-0.05, 0) is 67.9 Å². The van der Waals surface area contributed by atoms with Crippen molar-refractivity contribution in [3.63, 3.8) is 0 Å². The highest BCUT2D eigenvalue weighted by atomic mass is 32.1. The Morgan fingerprint density at radius 1 is 1.03 bits per heavy atom. The first-order valence-corrected chi connectivity index (χ1v) is 10.9. The smallest absolute Gasteiger partial charge is 0.341 e. The second kappa shape index (κ2) is 9.20. The largest absolute Gasteiger partial charge is 0.462 e. The van der Waals surface area contributed by atoms with Gasteiger partial charge in [0.05, 0.1) is 6.61 Å². The highest BCUT2D eigenvalue weighted by molar-refractivity contribution is 7.17. The SMILES string of the molecule is CCOC(=O)c1c(NC(=O)c2ccc(-n3cccc3)cc2)sc(C)c1-c1ccc(F)cc1. The van der Waals surface area contributed by atoms with Gasteiger partial charge in [0.15, 0.2) is 0 Å². The maximum absolute atomic E-state index is 13.4. The summed E-state index contributed by atoms with van der Waals surface area (Å²) < 4.78 is 20.6. The summed E-state index contributed by atoms with van der Waals surface area (Å²) in [5, 5.41) is 3.26. The molecule has 32 heavy (non-hydrogen) atoms. The standard InChI is InChI=1S/C25H21FN2O3S/c1-3-31-25(30)22-21(17-6-10-19(26)11-7-17)16(2)32-24(22)27-23(29)18-8-12-20(13-9-18)28-14-4-5-15-28/h4-15H,3H2,1-2H3,(H,27,29). The van der Waals surface area contributed by atoms with Crippen molar-refractivity contribution in [3.05, 3.63) is 94.9 Å². The van der Waals surface area contributed by atoms with Crippen LogP contribution in [0.3, 0.4) is 0 Å². The number of ether oxygens (including phenoxy) is 1. The minimum Gasteiger partial charge on any atom is -0.462 e. The van der Waals surface area contributed by atoms with Crippen LogP contribution in [-0.2, 0) is 4.74 Å². The molecule has 2 aromatic heterocycles. The van der Waals surface area contributed by atoms with E-state index in [1.807, 2.05) is 48.1 Å². The van der Waals surface area contributed by atoms with E-state index in [1.165, 1.54) is 23.5 Å². The number of carbonyl (C=O) groups excluding carboxylic acids is 2. The summed E-state index contributed by atoms with van der Waals surface area (Å²) in [6.45, 7) is 3.78. The topological polar surface area (TPSA) is 60.3 Å². The molecular formula is C25H21FN2O3S. The van der Waals surface area contributed by atoms with Gasteiger partial charge in [-0.3, -0.25) is 4.79 Å². The van der Waals surface area contributed by atoms with Crippen molar-refractivity contribution in [2.75, 3.05) is 11.9 Å². The lowest BCUT2D eigenvalue weighted by atomic mass is 10.0. The Kier molecular flexibility index (Phi) is 6.18. The molecule has 2 aromatic carbocycles. The van der Waals surface area contributed by atoms with E-state index in [0.717, 1.165) is 10.6 Å². The van der Waals surface area contributed by atoms with Gasteiger partial charge in [-0.15, -0.1) is 11.3 Å². The molecule has 1 N–H and O–H groups in total. The highest BCUT2D eigenvalue weighted by Gasteiger charge is 2.25. The number of amides is 1. The number of nitrogens with one attached hydrogen (secondary N) is 1. The number of hydrogen-bond donors (Lipinski definition) is 1. The lowest BCUT2D eigenvalue weighted by Gasteiger charge is -2.10. The summed E-state index contributed by atoms with van der Waals surface area (Å²) in [7, 11) is 0. The van der Waals surface area contributed by atoms with Crippen LogP contribution < -0.4 is 5.32 Å². The van der Waals surface area contributed by atoms with Crippen LogP contribution in [0.1, 0.15) is 32.5 Å². The van der Waals surface area contributed by atoms with E-state index in [2.05, 4.69) is 5.32 Å². The Bertz CT molecular complexity index is 1240. The predicted octanol–water partition coefficient (Wildman–Crippen LogP) is 6.08. The van der Waals surface area contributed by atoms with Crippen LogP contribution >= 0.6 is 11.3 Å². The number of carbonyl (C=O) groups is 2. The molecule has 162 valence electrons. The Morgan fingerprint density at radius 2 is 1.69 bits per heavy atom. The monoisotopic (exact) mass is 448 g/mol. The molecule has 4 aromatic rings. The molecule has 0 aliphatic carbocycles. The number of thiophene rings is 1. The second-order valence-electron chi connectivity index (χ2n) is 7.06. The molecule has 4 rings (SSSR count). The minimum absolute atomic E-state index is 0.199. The van der Waals surface area contributed by atoms with E-state index >= 15 is 0 Å². The van der Waals surface area contributed by atoms with Crippen LogP contribution in [0.25, 0.3) is 16.8 Å². The molecule has 2 heterocycles. The molecule has 0 radical (unpaired) electrons. The van der Waals surface area contributed by atoms with Gasteiger partial charge in [0.2, 0.25) is 0 Å². The number of aromatic nitrogens is 1. The van der Waals surface area contributed by atoms with Gasteiger partial charge in [0, 0.05) is 34.1 Å². The van der Waals surface area contributed by atoms with Gasteiger partial charge in [-0.25, -0.2) is 9.18 Å². The van der Waals surface area contributed by atoms with E-state index in [4.69, 9.17) is 4.74 Å². The number of halogens is 1. The molecule has 7 heteroatoms.